The van der Waals surface area contributed by atoms with E-state index in [-0.39, 0.29) is 61.3 Å². The number of nitrogens with zero attached hydrogens (tertiary/aromatic N) is 1. The highest BCUT2D eigenvalue weighted by Crippen LogP contribution is 2.30. The molecule has 396 valence electrons. The average Bonchev–Trinajstić information content (AvgIpc) is 3.96. The third kappa shape index (κ3) is 17.3. The van der Waals surface area contributed by atoms with Crippen molar-refractivity contribution in [1.29, 1.82) is 0 Å². The Hall–Kier alpha value is -9.06. The molecule has 3 N–H and O–H groups in total. The van der Waals surface area contributed by atoms with Gasteiger partial charge >= 0.3 is 23.9 Å². The molecule has 0 aliphatic heterocycles. The Balaban J connectivity index is 1.16. The van der Waals surface area contributed by atoms with Crippen molar-refractivity contribution in [3.63, 3.8) is 0 Å². The van der Waals surface area contributed by atoms with Gasteiger partial charge in [0.1, 0.15) is 37.4 Å². The van der Waals surface area contributed by atoms with Gasteiger partial charge in [-0.25, -0.2) is 14.4 Å². The van der Waals surface area contributed by atoms with Gasteiger partial charge in [-0.1, -0.05) is 148 Å². The molecule has 0 saturated carbocycles. The summed E-state index contributed by atoms with van der Waals surface area (Å²) < 4.78 is 28.2. The molecule has 4 amide bonds. The minimum Gasteiger partial charge on any atom is -0.481 e. The first kappa shape index (κ1) is 56.2. The second kappa shape index (κ2) is 29.6. The number of hydrogen-bond donors (Lipinski definition) is 3. The van der Waals surface area contributed by atoms with Gasteiger partial charge in [0.25, 0.3) is 11.8 Å². The summed E-state index contributed by atoms with van der Waals surface area (Å²) in [7, 11) is 0. The summed E-state index contributed by atoms with van der Waals surface area (Å²) in [6, 6.07) is 39.6. The first-order valence-electron chi connectivity index (χ1n) is 24.8. The normalized spacial score (nSPS) is 11.9. The molecular formula is C58H60N4O14. The molecule has 2 unspecified atom stereocenters. The van der Waals surface area contributed by atoms with Crippen LogP contribution in [-0.4, -0.2) is 78.4 Å². The lowest BCUT2D eigenvalue weighted by Crippen LogP contribution is -2.49. The molecule has 0 saturated heterocycles. The van der Waals surface area contributed by atoms with E-state index in [1.807, 2.05) is 19.1 Å². The molecule has 0 bridgehead atoms. The third-order valence-corrected chi connectivity index (χ3v) is 11.8. The van der Waals surface area contributed by atoms with Crippen molar-refractivity contribution in [1.82, 2.24) is 21.0 Å². The van der Waals surface area contributed by atoms with Crippen LogP contribution in [0.3, 0.4) is 0 Å². The van der Waals surface area contributed by atoms with E-state index in [9.17, 15) is 38.4 Å². The summed E-state index contributed by atoms with van der Waals surface area (Å²) in [6.45, 7) is 2.54. The van der Waals surface area contributed by atoms with Crippen LogP contribution in [0.15, 0.2) is 156 Å². The zero-order valence-electron chi connectivity index (χ0n) is 42.2. The SMILES string of the molecule is CCCCCC(C(=O)NCNC(=O)c1ccc(-c2ccc(C(=O)NC(CC(=O)OCc3ccccc3)C(=O)OCc3ccccc3)c(OCC(=O)OCc3ccccc3)c2)o1)[C@@H](CC)N(C=O)OC(=O)c1ccccc1. The van der Waals surface area contributed by atoms with Crippen molar-refractivity contribution in [3.8, 4) is 17.1 Å². The van der Waals surface area contributed by atoms with Crippen LogP contribution in [0.25, 0.3) is 11.3 Å². The maximum atomic E-state index is 14.2. The van der Waals surface area contributed by atoms with Crippen LogP contribution < -0.4 is 20.7 Å². The highest BCUT2D eigenvalue weighted by atomic mass is 16.7. The van der Waals surface area contributed by atoms with E-state index >= 15 is 0 Å². The molecule has 6 aromatic rings. The van der Waals surface area contributed by atoms with Crippen LogP contribution in [0, 0.1) is 5.92 Å². The van der Waals surface area contributed by atoms with E-state index in [0.29, 0.717) is 35.9 Å². The molecule has 1 heterocycles. The minimum atomic E-state index is -1.52. The van der Waals surface area contributed by atoms with Gasteiger partial charge in [0, 0.05) is 5.56 Å². The molecule has 3 atom stereocenters. The number of amides is 4. The Bertz CT molecular complexity index is 2860. The molecule has 5 aromatic carbocycles. The van der Waals surface area contributed by atoms with Crippen LogP contribution >= 0.6 is 0 Å². The van der Waals surface area contributed by atoms with Gasteiger partial charge in [0.15, 0.2) is 12.4 Å². The Morgan fingerprint density at radius 1 is 0.645 bits per heavy atom. The number of hydroxylamine groups is 2. The van der Waals surface area contributed by atoms with E-state index < -0.39 is 72.6 Å². The Labute approximate surface area is 439 Å². The number of carbonyl (C=O) groups is 8. The Morgan fingerprint density at radius 2 is 1.24 bits per heavy atom. The summed E-state index contributed by atoms with van der Waals surface area (Å²) in [6.07, 6.45) is 2.77. The van der Waals surface area contributed by atoms with E-state index in [1.165, 1.54) is 30.3 Å². The number of ether oxygens (including phenoxy) is 4. The maximum Gasteiger partial charge on any atom is 0.363 e. The van der Waals surface area contributed by atoms with Gasteiger partial charge in [0.05, 0.1) is 36.2 Å². The molecule has 0 radical (unpaired) electrons. The molecule has 0 aliphatic rings. The lowest BCUT2D eigenvalue weighted by atomic mass is 9.90. The predicted octanol–water partition coefficient (Wildman–Crippen LogP) is 8.05. The lowest BCUT2D eigenvalue weighted by Gasteiger charge is -2.31. The largest absolute Gasteiger partial charge is 0.481 e. The van der Waals surface area contributed by atoms with Crippen LogP contribution in [0.1, 0.15) is 100 Å². The summed E-state index contributed by atoms with van der Waals surface area (Å²) in [4.78, 5) is 112. The van der Waals surface area contributed by atoms with Crippen LogP contribution in [-0.2, 0) is 62.8 Å². The van der Waals surface area contributed by atoms with Crippen molar-refractivity contribution in [3.05, 3.63) is 185 Å². The van der Waals surface area contributed by atoms with Gasteiger partial charge in [-0.15, -0.1) is 0 Å². The Kier molecular flexibility index (Phi) is 21.9. The fourth-order valence-corrected chi connectivity index (χ4v) is 7.81. The first-order chi connectivity index (χ1) is 37.0. The van der Waals surface area contributed by atoms with Gasteiger partial charge in [-0.3, -0.25) is 24.0 Å². The molecule has 18 heteroatoms. The monoisotopic (exact) mass is 1040 g/mol. The topological polar surface area (TPSA) is 235 Å². The van der Waals surface area contributed by atoms with Crippen molar-refractivity contribution < 1.29 is 66.6 Å². The van der Waals surface area contributed by atoms with Crippen molar-refractivity contribution >= 4 is 48.0 Å². The molecule has 18 nitrogen and oxygen atoms in total. The summed E-state index contributed by atoms with van der Waals surface area (Å²) >= 11 is 0. The van der Waals surface area contributed by atoms with Crippen LogP contribution in [0.5, 0.6) is 5.75 Å². The highest BCUT2D eigenvalue weighted by molar-refractivity contribution is 6.00. The van der Waals surface area contributed by atoms with Gasteiger partial charge in [-0.2, -0.15) is 5.06 Å². The molecule has 76 heavy (non-hydrogen) atoms. The van der Waals surface area contributed by atoms with Crippen molar-refractivity contribution in [2.24, 2.45) is 5.92 Å². The number of rotatable bonds is 29. The molecule has 0 fully saturated rings. The standard InChI is InChI=1S/C58H60N4O14/c1-3-5-10-27-45(48(4-2)62(39-63)76-57(69)43-25-17-9-18-26-43)54(66)59-38-60-56(68)50-31-30-49(75-50)44-28-29-46(51(32-44)71-37-53(65)73-35-41-21-13-7-14-22-41)55(67)61-47(58(70)74-36-42-23-15-8-16-24-42)33-52(64)72-34-40-19-11-6-12-20-40/h6-9,11-26,28-32,39,45,47-48H,3-5,10,27,33-38H2,1-2H3,(H,59,66)(H,60,68)(H,61,67)/t45?,47?,48-/m1/s1. The minimum absolute atomic E-state index is 0.0473. The first-order valence-corrected chi connectivity index (χ1v) is 24.8. The summed E-state index contributed by atoms with van der Waals surface area (Å²) in [5.74, 6) is -6.25. The fourth-order valence-electron chi connectivity index (χ4n) is 7.81. The number of hydrogen-bond acceptors (Lipinski definition) is 14. The summed E-state index contributed by atoms with van der Waals surface area (Å²) in [5.41, 5.74) is 2.48. The highest BCUT2D eigenvalue weighted by Gasteiger charge is 2.34. The molecule has 0 spiro atoms. The molecular weight excluding hydrogens is 977 g/mol. The van der Waals surface area contributed by atoms with E-state index in [1.54, 1.807) is 116 Å². The lowest BCUT2D eigenvalue weighted by molar-refractivity contribution is -0.171. The van der Waals surface area contributed by atoms with Crippen molar-refractivity contribution in [2.45, 2.75) is 84.3 Å². The number of furan rings is 1. The van der Waals surface area contributed by atoms with Crippen LogP contribution in [0.2, 0.25) is 0 Å². The van der Waals surface area contributed by atoms with Gasteiger partial charge in [-0.05, 0) is 65.9 Å². The van der Waals surface area contributed by atoms with E-state index in [4.69, 9.17) is 28.2 Å². The van der Waals surface area contributed by atoms with Gasteiger partial charge in [0.2, 0.25) is 12.3 Å². The molecule has 6 rings (SSSR count). The van der Waals surface area contributed by atoms with Crippen molar-refractivity contribution in [2.75, 3.05) is 13.3 Å². The number of benzene rings is 5. The number of esters is 3. The van der Waals surface area contributed by atoms with E-state index in [0.717, 1.165) is 23.5 Å². The van der Waals surface area contributed by atoms with E-state index in [2.05, 4.69) is 16.0 Å². The molecule has 1 aromatic heterocycles. The number of unbranched alkanes of at least 4 members (excludes halogenated alkanes) is 2. The third-order valence-electron chi connectivity index (χ3n) is 11.8. The Morgan fingerprint density at radius 3 is 1.83 bits per heavy atom. The second-order valence-corrected chi connectivity index (χ2v) is 17.3. The predicted molar refractivity (Wildman–Crippen MR) is 276 cm³/mol. The fraction of sp³-hybridized carbons (Fsp3) is 0.276. The maximum absolute atomic E-state index is 14.2. The van der Waals surface area contributed by atoms with Crippen LogP contribution in [0.4, 0.5) is 0 Å². The molecule has 0 aliphatic carbocycles. The quantitative estimate of drug-likeness (QED) is 0.0101. The second-order valence-electron chi connectivity index (χ2n) is 17.3. The number of carbonyl (C=O) groups excluding carboxylic acids is 8. The summed E-state index contributed by atoms with van der Waals surface area (Å²) in [5, 5.41) is 8.76. The van der Waals surface area contributed by atoms with Gasteiger partial charge < -0.3 is 44.2 Å². The smallest absolute Gasteiger partial charge is 0.363 e. The number of nitrogens with one attached hydrogen (secondary N) is 3. The average molecular weight is 1040 g/mol. The zero-order chi connectivity index (χ0) is 54.1. The zero-order valence-corrected chi connectivity index (χ0v) is 42.2.